The summed E-state index contributed by atoms with van der Waals surface area (Å²) in [6, 6.07) is 15.7. The highest BCUT2D eigenvalue weighted by molar-refractivity contribution is 7.90. The van der Waals surface area contributed by atoms with Gasteiger partial charge in [0.05, 0.1) is 10.8 Å². The van der Waals surface area contributed by atoms with Gasteiger partial charge in [0.1, 0.15) is 0 Å². The van der Waals surface area contributed by atoms with Crippen molar-refractivity contribution in [3.63, 3.8) is 0 Å². The van der Waals surface area contributed by atoms with Crippen molar-refractivity contribution in [2.75, 3.05) is 19.3 Å². The van der Waals surface area contributed by atoms with E-state index < -0.39 is 15.7 Å². The minimum Gasteiger partial charge on any atom is -0.298 e. The lowest BCUT2D eigenvalue weighted by Gasteiger charge is -2.32. The molecule has 2 aromatic carbocycles. The van der Waals surface area contributed by atoms with E-state index >= 15 is 0 Å². The first-order valence-electron chi connectivity index (χ1n) is 9.49. The van der Waals surface area contributed by atoms with Crippen molar-refractivity contribution in [2.45, 2.75) is 24.3 Å². The molecular weight excluding hydrogens is 390 g/mol. The average molecular weight is 416 g/mol. The van der Waals surface area contributed by atoms with Gasteiger partial charge in [0.15, 0.2) is 9.84 Å². The Morgan fingerprint density at radius 3 is 2.38 bits per heavy atom. The molecule has 0 bridgehead atoms. The first kappa shape index (κ1) is 21.0. The number of nitrogens with one attached hydrogen (secondary N) is 2. The number of rotatable bonds is 5. The number of nitrogens with zero attached hydrogens (tertiary/aromatic N) is 1. The van der Waals surface area contributed by atoms with Crippen LogP contribution in [0.2, 0.25) is 0 Å². The van der Waals surface area contributed by atoms with Gasteiger partial charge in [-0.1, -0.05) is 30.3 Å². The molecule has 0 aliphatic carbocycles. The summed E-state index contributed by atoms with van der Waals surface area (Å²) in [4.78, 5) is 27.1. The van der Waals surface area contributed by atoms with Crippen LogP contribution < -0.4 is 10.9 Å². The highest BCUT2D eigenvalue weighted by Gasteiger charge is 2.26. The van der Waals surface area contributed by atoms with Crippen molar-refractivity contribution >= 4 is 21.7 Å². The van der Waals surface area contributed by atoms with Crippen LogP contribution in [0.5, 0.6) is 0 Å². The molecule has 2 amide bonds. The van der Waals surface area contributed by atoms with Crippen LogP contribution in [0.1, 0.15) is 28.8 Å². The number of likely N-dealkylation sites (tertiary alicyclic amines) is 1. The van der Waals surface area contributed by atoms with E-state index in [1.807, 2.05) is 18.2 Å². The fraction of sp³-hybridized carbons (Fsp3) is 0.333. The second-order valence-electron chi connectivity index (χ2n) is 7.30. The molecule has 1 unspecified atom stereocenters. The minimum atomic E-state index is -3.32. The Kier molecular flexibility index (Phi) is 6.66. The molecule has 7 nitrogen and oxygen atoms in total. The van der Waals surface area contributed by atoms with Crippen molar-refractivity contribution < 1.29 is 18.0 Å². The number of amides is 2. The van der Waals surface area contributed by atoms with Gasteiger partial charge in [-0.15, -0.1) is 0 Å². The lowest BCUT2D eigenvalue weighted by Crippen LogP contribution is -2.48. The van der Waals surface area contributed by atoms with Crippen LogP contribution in [0.4, 0.5) is 0 Å². The number of piperidine rings is 1. The van der Waals surface area contributed by atoms with Gasteiger partial charge in [0.2, 0.25) is 5.91 Å². The van der Waals surface area contributed by atoms with Gasteiger partial charge in [-0.05, 0) is 49.2 Å². The maximum Gasteiger partial charge on any atom is 0.269 e. The van der Waals surface area contributed by atoms with Gasteiger partial charge in [-0.3, -0.25) is 25.3 Å². The fourth-order valence-electron chi connectivity index (χ4n) is 3.40. The molecule has 154 valence electrons. The molecule has 1 fully saturated rings. The van der Waals surface area contributed by atoms with Crippen LogP contribution >= 0.6 is 0 Å². The van der Waals surface area contributed by atoms with Gasteiger partial charge in [0, 0.05) is 24.9 Å². The quantitative estimate of drug-likeness (QED) is 0.726. The fourth-order valence-corrected chi connectivity index (χ4v) is 4.03. The van der Waals surface area contributed by atoms with E-state index in [1.54, 1.807) is 0 Å². The number of hydrazine groups is 1. The summed E-state index contributed by atoms with van der Waals surface area (Å²) in [7, 11) is -3.32. The van der Waals surface area contributed by atoms with Crippen LogP contribution in [0, 0.1) is 5.92 Å². The van der Waals surface area contributed by atoms with Gasteiger partial charge >= 0.3 is 0 Å². The lowest BCUT2D eigenvalue weighted by atomic mass is 9.97. The van der Waals surface area contributed by atoms with Crippen molar-refractivity contribution in [3.8, 4) is 0 Å². The molecule has 2 N–H and O–H groups in total. The SMILES string of the molecule is CS(=O)(=O)c1ccc(C(=O)NNC(=O)C2CCCN(Cc3ccccc3)C2)cc1. The zero-order valence-corrected chi connectivity index (χ0v) is 17.1. The Hall–Kier alpha value is -2.71. The molecule has 0 aromatic heterocycles. The normalized spacial score (nSPS) is 17.5. The molecule has 1 atom stereocenters. The van der Waals surface area contributed by atoms with E-state index in [2.05, 4.69) is 27.9 Å². The smallest absolute Gasteiger partial charge is 0.269 e. The summed E-state index contributed by atoms with van der Waals surface area (Å²) in [6.45, 7) is 2.38. The predicted octanol–water partition coefficient (Wildman–Crippen LogP) is 1.76. The Morgan fingerprint density at radius 1 is 1.03 bits per heavy atom. The van der Waals surface area contributed by atoms with Crippen molar-refractivity contribution in [3.05, 3.63) is 65.7 Å². The molecule has 8 heteroatoms. The molecule has 2 aromatic rings. The summed E-state index contributed by atoms with van der Waals surface area (Å²) >= 11 is 0. The molecule has 0 saturated carbocycles. The van der Waals surface area contributed by atoms with Crippen molar-refractivity contribution in [1.29, 1.82) is 0 Å². The van der Waals surface area contributed by atoms with Crippen LogP contribution in [0.15, 0.2) is 59.5 Å². The monoisotopic (exact) mass is 415 g/mol. The molecular formula is C21H25N3O4S. The molecule has 1 aliphatic rings. The van der Waals surface area contributed by atoms with Gasteiger partial charge in [0.25, 0.3) is 5.91 Å². The molecule has 3 rings (SSSR count). The van der Waals surface area contributed by atoms with Crippen molar-refractivity contribution in [2.24, 2.45) is 5.92 Å². The van der Waals surface area contributed by atoms with Crippen LogP contribution in [-0.2, 0) is 21.2 Å². The van der Waals surface area contributed by atoms with Crippen LogP contribution in [0.3, 0.4) is 0 Å². The standard InChI is InChI=1S/C21H25N3O4S/c1-29(27,28)19-11-9-17(10-12-19)20(25)22-23-21(26)18-8-5-13-24(15-18)14-16-6-3-2-4-7-16/h2-4,6-7,9-12,18H,5,8,13-15H2,1H3,(H,22,25)(H,23,26). The van der Waals surface area contributed by atoms with E-state index in [9.17, 15) is 18.0 Å². The van der Waals surface area contributed by atoms with Gasteiger partial charge in [-0.25, -0.2) is 8.42 Å². The van der Waals surface area contributed by atoms with E-state index in [4.69, 9.17) is 0 Å². The van der Waals surface area contributed by atoms with Crippen molar-refractivity contribution in [1.82, 2.24) is 15.8 Å². The summed E-state index contributed by atoms with van der Waals surface area (Å²) in [5, 5.41) is 0. The van der Waals surface area contributed by atoms with Crippen LogP contribution in [-0.4, -0.2) is 44.5 Å². The summed E-state index contributed by atoms with van der Waals surface area (Å²) in [5.41, 5.74) is 6.39. The van der Waals surface area contributed by atoms with Gasteiger partial charge in [-0.2, -0.15) is 0 Å². The molecule has 1 saturated heterocycles. The molecule has 1 aliphatic heterocycles. The predicted molar refractivity (Wildman–Crippen MR) is 110 cm³/mol. The maximum absolute atomic E-state index is 12.5. The second-order valence-corrected chi connectivity index (χ2v) is 9.32. The zero-order valence-electron chi connectivity index (χ0n) is 16.3. The number of hydrogen-bond acceptors (Lipinski definition) is 5. The second kappa shape index (κ2) is 9.19. The number of benzene rings is 2. The Labute approximate surface area is 171 Å². The highest BCUT2D eigenvalue weighted by Crippen LogP contribution is 2.18. The lowest BCUT2D eigenvalue weighted by molar-refractivity contribution is -0.127. The maximum atomic E-state index is 12.5. The summed E-state index contributed by atoms with van der Waals surface area (Å²) < 4.78 is 23.0. The number of hydrogen-bond donors (Lipinski definition) is 2. The Balaban J connectivity index is 1.51. The molecule has 29 heavy (non-hydrogen) atoms. The summed E-state index contributed by atoms with van der Waals surface area (Å²) in [6.07, 6.45) is 2.80. The highest BCUT2D eigenvalue weighted by atomic mass is 32.2. The minimum absolute atomic E-state index is 0.138. The Morgan fingerprint density at radius 2 is 1.72 bits per heavy atom. The third kappa shape index (κ3) is 5.88. The average Bonchev–Trinajstić information content (AvgIpc) is 2.72. The molecule has 0 radical (unpaired) electrons. The van der Waals surface area contributed by atoms with E-state index in [-0.39, 0.29) is 22.3 Å². The summed E-state index contributed by atoms with van der Waals surface area (Å²) in [5.74, 6) is -0.903. The van der Waals surface area contributed by atoms with Crippen LogP contribution in [0.25, 0.3) is 0 Å². The number of carbonyl (C=O) groups excluding carboxylic acids is 2. The zero-order chi connectivity index (χ0) is 20.9. The molecule has 0 spiro atoms. The number of carbonyl (C=O) groups is 2. The third-order valence-electron chi connectivity index (χ3n) is 4.97. The van der Waals surface area contributed by atoms with E-state index in [0.717, 1.165) is 32.2 Å². The number of sulfone groups is 1. The largest absolute Gasteiger partial charge is 0.298 e. The topological polar surface area (TPSA) is 95.6 Å². The third-order valence-corrected chi connectivity index (χ3v) is 6.10. The Bertz CT molecular complexity index is 959. The molecule has 1 heterocycles. The first-order valence-corrected chi connectivity index (χ1v) is 11.4. The van der Waals surface area contributed by atoms with E-state index in [1.165, 1.54) is 29.8 Å². The first-order chi connectivity index (χ1) is 13.8. The van der Waals surface area contributed by atoms with Gasteiger partial charge < -0.3 is 0 Å². The van der Waals surface area contributed by atoms with E-state index in [0.29, 0.717) is 6.54 Å².